The van der Waals surface area contributed by atoms with Crippen LogP contribution in [0.25, 0.3) is 0 Å². The Labute approximate surface area is 64.9 Å². The molecule has 0 radical (unpaired) electrons. The van der Waals surface area contributed by atoms with Crippen LogP contribution in [0.5, 0.6) is 0 Å². The van der Waals surface area contributed by atoms with E-state index in [2.05, 4.69) is 4.52 Å². The Kier molecular flexibility index (Phi) is 3.36. The van der Waals surface area contributed by atoms with E-state index in [-0.39, 0.29) is 6.61 Å². The molecule has 0 aromatic heterocycles. The van der Waals surface area contributed by atoms with Gasteiger partial charge in [-0.2, -0.15) is 0 Å². The molecule has 2 N–H and O–H groups in total. The third kappa shape index (κ3) is 2.81. The summed E-state index contributed by atoms with van der Waals surface area (Å²) in [6, 6.07) is 0. The van der Waals surface area contributed by atoms with Crippen LogP contribution in [0.4, 0.5) is 0 Å². The first kappa shape index (κ1) is 9.03. The summed E-state index contributed by atoms with van der Waals surface area (Å²) in [4.78, 5) is 8.25. The molecule has 1 heterocycles. The fraction of sp³-hybridized carbons (Fsp3) is 1.00. The zero-order valence-corrected chi connectivity index (χ0v) is 6.74. The first-order valence-electron chi connectivity index (χ1n) is 3.29. The number of ether oxygens (including phenoxy) is 1. The van der Waals surface area contributed by atoms with Gasteiger partial charge < -0.3 is 9.84 Å². The topological polar surface area (TPSA) is 76.0 Å². The first-order chi connectivity index (χ1) is 5.20. The van der Waals surface area contributed by atoms with Crippen molar-refractivity contribution in [2.75, 3.05) is 13.2 Å². The molecule has 1 aliphatic rings. The zero-order valence-electron chi connectivity index (χ0n) is 5.84. The summed E-state index contributed by atoms with van der Waals surface area (Å²) in [5.74, 6) is 0. The predicted molar refractivity (Wildman–Crippen MR) is 36.1 cm³/mol. The highest BCUT2D eigenvalue weighted by Crippen LogP contribution is 2.20. The maximum absolute atomic E-state index is 10.1. The summed E-state index contributed by atoms with van der Waals surface area (Å²) >= 11 is 0. The van der Waals surface area contributed by atoms with Crippen molar-refractivity contribution in [3.8, 4) is 0 Å². The SMILES string of the molecule is O=[P+](O)OCC1OCCC1O. The number of rotatable bonds is 3. The second-order valence-electron chi connectivity index (χ2n) is 2.30. The van der Waals surface area contributed by atoms with Gasteiger partial charge in [-0.3, -0.25) is 0 Å². The number of hydrogen-bond donors (Lipinski definition) is 2. The molecule has 0 bridgehead atoms. The normalized spacial score (nSPS) is 32.4. The molecule has 0 aromatic carbocycles. The quantitative estimate of drug-likeness (QED) is 0.590. The van der Waals surface area contributed by atoms with Gasteiger partial charge in [-0.05, 0) is 6.42 Å². The summed E-state index contributed by atoms with van der Waals surface area (Å²) < 4.78 is 19.4. The lowest BCUT2D eigenvalue weighted by Crippen LogP contribution is -2.25. The molecule has 1 fully saturated rings. The third-order valence-electron chi connectivity index (χ3n) is 1.52. The van der Waals surface area contributed by atoms with Crippen molar-refractivity contribution in [1.82, 2.24) is 0 Å². The fourth-order valence-electron chi connectivity index (χ4n) is 0.934. The Morgan fingerprint density at radius 3 is 2.91 bits per heavy atom. The molecule has 1 saturated heterocycles. The van der Waals surface area contributed by atoms with Gasteiger partial charge in [-0.1, -0.05) is 0 Å². The van der Waals surface area contributed by atoms with Gasteiger partial charge in [-0.25, -0.2) is 0 Å². The van der Waals surface area contributed by atoms with Crippen molar-refractivity contribution in [2.24, 2.45) is 0 Å². The first-order valence-corrected chi connectivity index (χ1v) is 4.42. The van der Waals surface area contributed by atoms with Crippen LogP contribution < -0.4 is 0 Å². The van der Waals surface area contributed by atoms with Crippen LogP contribution in [0.1, 0.15) is 6.42 Å². The maximum atomic E-state index is 10.1. The molecular formula is C5H10O5P+. The van der Waals surface area contributed by atoms with Gasteiger partial charge in [0.1, 0.15) is 12.7 Å². The van der Waals surface area contributed by atoms with Crippen LogP contribution in [0, 0.1) is 0 Å². The minimum atomic E-state index is -2.58. The zero-order chi connectivity index (χ0) is 8.27. The van der Waals surface area contributed by atoms with Gasteiger partial charge in [0, 0.05) is 11.2 Å². The minimum Gasteiger partial charge on any atom is -0.390 e. The highest BCUT2D eigenvalue weighted by molar-refractivity contribution is 7.32. The summed E-state index contributed by atoms with van der Waals surface area (Å²) in [5.41, 5.74) is 0. The van der Waals surface area contributed by atoms with E-state index in [9.17, 15) is 4.57 Å². The van der Waals surface area contributed by atoms with Crippen molar-refractivity contribution in [1.29, 1.82) is 0 Å². The van der Waals surface area contributed by atoms with E-state index >= 15 is 0 Å². The van der Waals surface area contributed by atoms with Crippen LogP contribution in [0.3, 0.4) is 0 Å². The molecule has 5 nitrogen and oxygen atoms in total. The second-order valence-corrected chi connectivity index (χ2v) is 3.03. The highest BCUT2D eigenvalue weighted by Gasteiger charge is 2.29. The standard InChI is InChI=1S/C5H9O5P/c6-4-1-2-9-5(4)3-10-11(7)8/h4-6H,1-3H2/p+1. The van der Waals surface area contributed by atoms with Crippen LogP contribution in [0.2, 0.25) is 0 Å². The Morgan fingerprint density at radius 1 is 1.73 bits per heavy atom. The molecule has 1 rings (SSSR count). The van der Waals surface area contributed by atoms with Crippen molar-refractivity contribution < 1.29 is 23.8 Å². The Bertz CT molecular complexity index is 150. The Hall–Kier alpha value is -0.0600. The third-order valence-corrected chi connectivity index (χ3v) is 1.89. The van der Waals surface area contributed by atoms with Gasteiger partial charge in [0.05, 0.1) is 6.10 Å². The lowest BCUT2D eigenvalue weighted by atomic mass is 10.2. The molecule has 3 atom stereocenters. The molecule has 1 aliphatic heterocycles. The van der Waals surface area contributed by atoms with Gasteiger partial charge in [0.25, 0.3) is 0 Å². The fourth-order valence-corrected chi connectivity index (χ4v) is 1.21. The van der Waals surface area contributed by atoms with Crippen LogP contribution in [-0.2, 0) is 13.8 Å². The molecule has 11 heavy (non-hydrogen) atoms. The van der Waals surface area contributed by atoms with E-state index in [0.717, 1.165) is 0 Å². The summed E-state index contributed by atoms with van der Waals surface area (Å²) in [7, 11) is -2.58. The van der Waals surface area contributed by atoms with E-state index in [0.29, 0.717) is 13.0 Å². The molecule has 0 aliphatic carbocycles. The lowest BCUT2D eigenvalue weighted by molar-refractivity contribution is 0.0104. The average Bonchev–Trinajstić information content (AvgIpc) is 2.31. The van der Waals surface area contributed by atoms with Crippen LogP contribution in [-0.4, -0.2) is 35.4 Å². The van der Waals surface area contributed by atoms with Crippen LogP contribution in [0.15, 0.2) is 0 Å². The Morgan fingerprint density at radius 2 is 2.45 bits per heavy atom. The van der Waals surface area contributed by atoms with E-state index in [1.54, 1.807) is 0 Å². The molecule has 0 spiro atoms. The van der Waals surface area contributed by atoms with Crippen molar-refractivity contribution >= 4 is 8.25 Å². The van der Waals surface area contributed by atoms with Gasteiger partial charge in [0.15, 0.2) is 0 Å². The monoisotopic (exact) mass is 181 g/mol. The van der Waals surface area contributed by atoms with Crippen LogP contribution >= 0.6 is 8.25 Å². The van der Waals surface area contributed by atoms with Gasteiger partial charge in [-0.15, -0.1) is 9.42 Å². The smallest absolute Gasteiger partial charge is 0.390 e. The van der Waals surface area contributed by atoms with Crippen molar-refractivity contribution in [3.63, 3.8) is 0 Å². The van der Waals surface area contributed by atoms with Gasteiger partial charge in [0.2, 0.25) is 0 Å². The second kappa shape index (κ2) is 4.09. The average molecular weight is 181 g/mol. The number of aliphatic hydroxyl groups is 1. The molecule has 0 saturated carbocycles. The molecule has 0 amide bonds. The number of aliphatic hydroxyl groups excluding tert-OH is 1. The van der Waals surface area contributed by atoms with E-state index in [1.807, 2.05) is 0 Å². The summed E-state index contributed by atoms with van der Waals surface area (Å²) in [6.07, 6.45) is -0.443. The molecule has 6 heteroatoms. The molecular weight excluding hydrogens is 171 g/mol. The number of hydrogen-bond acceptors (Lipinski definition) is 4. The minimum absolute atomic E-state index is 0.0210. The van der Waals surface area contributed by atoms with Gasteiger partial charge >= 0.3 is 8.25 Å². The lowest BCUT2D eigenvalue weighted by Gasteiger charge is -2.07. The summed E-state index contributed by atoms with van der Waals surface area (Å²) in [5, 5.41) is 9.12. The predicted octanol–water partition coefficient (Wildman–Crippen LogP) is -0.198. The molecule has 64 valence electrons. The van der Waals surface area contributed by atoms with E-state index < -0.39 is 20.5 Å². The van der Waals surface area contributed by atoms with Crippen molar-refractivity contribution in [3.05, 3.63) is 0 Å². The molecule has 3 unspecified atom stereocenters. The molecule has 0 aromatic rings. The Balaban J connectivity index is 2.20. The van der Waals surface area contributed by atoms with E-state index in [4.69, 9.17) is 14.7 Å². The highest BCUT2D eigenvalue weighted by atomic mass is 31.1. The summed E-state index contributed by atoms with van der Waals surface area (Å²) in [6.45, 7) is 0.463. The largest absolute Gasteiger partial charge is 0.694 e. The maximum Gasteiger partial charge on any atom is 0.694 e. The van der Waals surface area contributed by atoms with Crippen molar-refractivity contribution in [2.45, 2.75) is 18.6 Å². The van der Waals surface area contributed by atoms with E-state index in [1.165, 1.54) is 0 Å².